The molecule has 1 heterocycles. The van der Waals surface area contributed by atoms with Crippen LogP contribution in [-0.2, 0) is 0 Å². The number of fused-ring (bicyclic) bond motifs is 1. The van der Waals surface area contributed by atoms with Crippen LogP contribution in [0.2, 0.25) is 0 Å². The molecular weight excluding hydrogens is 316 g/mol. The smallest absolute Gasteiger partial charge is 0.261 e. The van der Waals surface area contributed by atoms with Crippen molar-refractivity contribution < 1.29 is 4.79 Å². The van der Waals surface area contributed by atoms with Gasteiger partial charge in [0.05, 0.1) is 10.9 Å². The molecule has 0 saturated carbocycles. The lowest BCUT2D eigenvalue weighted by Crippen LogP contribution is -2.34. The number of hydrogen-bond acceptors (Lipinski definition) is 3. The molecule has 0 radical (unpaired) electrons. The average Bonchev–Trinajstić information content (AvgIpc) is 2.99. The molecule has 0 spiro atoms. The van der Waals surface area contributed by atoms with Crippen LogP contribution in [-0.4, -0.2) is 31.4 Å². The van der Waals surface area contributed by atoms with Gasteiger partial charge in [0.25, 0.3) is 5.91 Å². The maximum Gasteiger partial charge on any atom is 0.261 e. The number of thiophene rings is 1. The Kier molecular flexibility index (Phi) is 4.97. The van der Waals surface area contributed by atoms with Gasteiger partial charge in [0.15, 0.2) is 0 Å². The first kappa shape index (κ1) is 16.7. The zero-order chi connectivity index (χ0) is 17.1. The second kappa shape index (κ2) is 7.16. The molecule has 24 heavy (non-hydrogen) atoms. The van der Waals surface area contributed by atoms with Crippen molar-refractivity contribution in [1.82, 2.24) is 10.2 Å². The van der Waals surface area contributed by atoms with Crippen molar-refractivity contribution in [3.63, 3.8) is 0 Å². The van der Waals surface area contributed by atoms with E-state index in [9.17, 15) is 4.79 Å². The summed E-state index contributed by atoms with van der Waals surface area (Å²) in [7, 11) is 4.08. The summed E-state index contributed by atoms with van der Waals surface area (Å²) in [6.07, 6.45) is 0. The van der Waals surface area contributed by atoms with Gasteiger partial charge in [-0.25, -0.2) is 0 Å². The van der Waals surface area contributed by atoms with Crippen LogP contribution in [0.15, 0.2) is 54.6 Å². The van der Waals surface area contributed by atoms with Crippen molar-refractivity contribution in [3.05, 3.63) is 70.6 Å². The molecule has 1 N–H and O–H groups in total. The van der Waals surface area contributed by atoms with E-state index in [1.165, 1.54) is 22.5 Å². The van der Waals surface area contributed by atoms with Crippen LogP contribution in [0.25, 0.3) is 10.1 Å². The molecular formula is C20H22N2OS. The second-order valence-corrected chi connectivity index (χ2v) is 7.34. The highest BCUT2D eigenvalue weighted by molar-refractivity contribution is 7.20. The van der Waals surface area contributed by atoms with Gasteiger partial charge in [0.1, 0.15) is 0 Å². The summed E-state index contributed by atoms with van der Waals surface area (Å²) < 4.78 is 1.14. The van der Waals surface area contributed by atoms with Gasteiger partial charge in [-0.05, 0) is 44.1 Å². The SMILES string of the molecule is Cc1cccc(C(CNC(=O)c2cc3ccccc3s2)N(C)C)c1. The molecule has 1 atom stereocenters. The Morgan fingerprint density at radius 3 is 2.62 bits per heavy atom. The number of aryl methyl sites for hydroxylation is 1. The molecule has 1 aromatic heterocycles. The van der Waals surface area contributed by atoms with E-state index in [0.29, 0.717) is 6.54 Å². The maximum atomic E-state index is 12.5. The third-order valence-electron chi connectivity index (χ3n) is 4.16. The van der Waals surface area contributed by atoms with Gasteiger partial charge in [-0.15, -0.1) is 11.3 Å². The number of nitrogens with one attached hydrogen (secondary N) is 1. The Balaban J connectivity index is 1.73. The van der Waals surface area contributed by atoms with Gasteiger partial charge >= 0.3 is 0 Å². The quantitative estimate of drug-likeness (QED) is 0.754. The van der Waals surface area contributed by atoms with E-state index in [4.69, 9.17) is 0 Å². The molecule has 0 saturated heterocycles. The van der Waals surface area contributed by atoms with E-state index >= 15 is 0 Å². The molecule has 3 rings (SSSR count). The summed E-state index contributed by atoms with van der Waals surface area (Å²) in [6.45, 7) is 2.68. The number of carbonyl (C=O) groups excluding carboxylic acids is 1. The normalized spacial score (nSPS) is 12.5. The van der Waals surface area contributed by atoms with Crippen molar-refractivity contribution in [3.8, 4) is 0 Å². The number of rotatable bonds is 5. The van der Waals surface area contributed by atoms with Gasteiger partial charge in [0, 0.05) is 11.2 Å². The Hall–Kier alpha value is -2.17. The molecule has 4 heteroatoms. The van der Waals surface area contributed by atoms with Crippen molar-refractivity contribution in [2.75, 3.05) is 20.6 Å². The fraction of sp³-hybridized carbons (Fsp3) is 0.250. The molecule has 1 amide bonds. The van der Waals surface area contributed by atoms with Crippen LogP contribution in [0, 0.1) is 6.92 Å². The summed E-state index contributed by atoms with van der Waals surface area (Å²) in [5, 5.41) is 4.21. The van der Waals surface area contributed by atoms with E-state index in [1.54, 1.807) is 0 Å². The highest BCUT2D eigenvalue weighted by atomic mass is 32.1. The van der Waals surface area contributed by atoms with Crippen molar-refractivity contribution in [2.45, 2.75) is 13.0 Å². The number of hydrogen-bond donors (Lipinski definition) is 1. The van der Waals surface area contributed by atoms with Crippen molar-refractivity contribution in [1.29, 1.82) is 0 Å². The molecule has 3 nitrogen and oxygen atoms in total. The Labute approximate surface area is 146 Å². The second-order valence-electron chi connectivity index (χ2n) is 6.25. The fourth-order valence-corrected chi connectivity index (χ4v) is 3.83. The first-order valence-electron chi connectivity index (χ1n) is 8.04. The van der Waals surface area contributed by atoms with Crippen molar-refractivity contribution in [2.24, 2.45) is 0 Å². The van der Waals surface area contributed by atoms with Gasteiger partial charge < -0.3 is 10.2 Å². The lowest BCUT2D eigenvalue weighted by molar-refractivity contribution is 0.0946. The minimum Gasteiger partial charge on any atom is -0.349 e. The summed E-state index contributed by atoms with van der Waals surface area (Å²) in [6, 6.07) is 18.6. The first-order valence-corrected chi connectivity index (χ1v) is 8.86. The molecule has 0 aliphatic carbocycles. The first-order chi connectivity index (χ1) is 11.5. The third-order valence-corrected chi connectivity index (χ3v) is 5.27. The summed E-state index contributed by atoms with van der Waals surface area (Å²) in [5.41, 5.74) is 2.45. The van der Waals surface area contributed by atoms with Gasteiger partial charge in [-0.2, -0.15) is 0 Å². The lowest BCUT2D eigenvalue weighted by Gasteiger charge is -2.25. The topological polar surface area (TPSA) is 32.3 Å². The maximum absolute atomic E-state index is 12.5. The van der Waals surface area contributed by atoms with Gasteiger partial charge in [-0.3, -0.25) is 4.79 Å². The predicted octanol–water partition coefficient (Wildman–Crippen LogP) is 4.24. The number of amides is 1. The molecule has 3 aromatic rings. The highest BCUT2D eigenvalue weighted by Gasteiger charge is 2.17. The predicted molar refractivity (Wildman–Crippen MR) is 102 cm³/mol. The Morgan fingerprint density at radius 1 is 1.12 bits per heavy atom. The molecule has 0 aliphatic heterocycles. The van der Waals surface area contributed by atoms with E-state index in [-0.39, 0.29) is 11.9 Å². The minimum atomic E-state index is -0.00398. The van der Waals surface area contributed by atoms with E-state index in [1.807, 2.05) is 44.4 Å². The molecule has 124 valence electrons. The highest BCUT2D eigenvalue weighted by Crippen LogP contribution is 2.25. The summed E-state index contributed by atoms with van der Waals surface area (Å²) in [5.74, 6) is -0.00398. The van der Waals surface area contributed by atoms with Gasteiger partial charge in [0.2, 0.25) is 0 Å². The van der Waals surface area contributed by atoms with Crippen LogP contribution in [0.1, 0.15) is 26.8 Å². The number of nitrogens with zero attached hydrogens (tertiary/aromatic N) is 1. The van der Waals surface area contributed by atoms with Gasteiger partial charge in [-0.1, -0.05) is 48.0 Å². The number of benzene rings is 2. The average molecular weight is 338 g/mol. The van der Waals surface area contributed by atoms with Crippen LogP contribution in [0.5, 0.6) is 0 Å². The fourth-order valence-electron chi connectivity index (χ4n) is 2.85. The van der Waals surface area contributed by atoms with Crippen LogP contribution < -0.4 is 5.32 Å². The molecule has 1 unspecified atom stereocenters. The van der Waals surface area contributed by atoms with E-state index in [0.717, 1.165) is 15.0 Å². The zero-order valence-corrected chi connectivity index (χ0v) is 15.1. The van der Waals surface area contributed by atoms with Crippen molar-refractivity contribution >= 4 is 27.3 Å². The van der Waals surface area contributed by atoms with E-state index < -0.39 is 0 Å². The van der Waals surface area contributed by atoms with E-state index in [2.05, 4.69) is 41.4 Å². The monoisotopic (exact) mass is 338 g/mol. The zero-order valence-electron chi connectivity index (χ0n) is 14.2. The summed E-state index contributed by atoms with van der Waals surface area (Å²) >= 11 is 1.54. The number of carbonyl (C=O) groups is 1. The molecule has 2 aromatic carbocycles. The summed E-state index contributed by atoms with van der Waals surface area (Å²) in [4.78, 5) is 15.4. The standard InChI is InChI=1S/C20H22N2OS/c1-14-7-6-9-15(11-14)17(22(2)3)13-21-20(23)19-12-16-8-4-5-10-18(16)24-19/h4-12,17H,13H2,1-3H3,(H,21,23). The molecule has 0 bridgehead atoms. The Bertz CT molecular complexity index is 820. The number of likely N-dealkylation sites (N-methyl/N-ethyl adjacent to an activating group) is 1. The third kappa shape index (κ3) is 3.66. The lowest BCUT2D eigenvalue weighted by atomic mass is 10.0. The molecule has 0 fully saturated rings. The largest absolute Gasteiger partial charge is 0.349 e. The Morgan fingerprint density at radius 2 is 1.92 bits per heavy atom. The van der Waals surface area contributed by atoms with Crippen LogP contribution in [0.3, 0.4) is 0 Å². The van der Waals surface area contributed by atoms with Crippen LogP contribution >= 0.6 is 11.3 Å². The minimum absolute atomic E-state index is 0.00398. The van der Waals surface area contributed by atoms with Crippen LogP contribution in [0.4, 0.5) is 0 Å². The molecule has 0 aliphatic rings.